The summed E-state index contributed by atoms with van der Waals surface area (Å²) in [5, 5.41) is 17.8. The third-order valence-corrected chi connectivity index (χ3v) is 2.09. The number of hydrogen-bond acceptors (Lipinski definition) is 4. The average Bonchev–Trinajstić information content (AvgIpc) is 2.26. The van der Waals surface area contributed by atoms with Gasteiger partial charge in [0.25, 0.3) is 0 Å². The first-order valence-electron chi connectivity index (χ1n) is 4.37. The lowest BCUT2D eigenvalue weighted by Gasteiger charge is -2.13. The molecule has 0 unspecified atom stereocenters. The van der Waals surface area contributed by atoms with E-state index in [-0.39, 0.29) is 12.2 Å². The minimum Gasteiger partial charge on any atom is -0.497 e. The molecule has 4 N–H and O–H groups in total. The Balaban J connectivity index is 3.22. The van der Waals surface area contributed by atoms with E-state index in [1.54, 1.807) is 0 Å². The van der Waals surface area contributed by atoms with E-state index in [0.29, 0.717) is 11.3 Å². The van der Waals surface area contributed by atoms with Crippen molar-refractivity contribution >= 4 is 5.97 Å². The van der Waals surface area contributed by atoms with Gasteiger partial charge in [-0.1, -0.05) is 0 Å². The number of carboxylic acids is 1. The molecule has 15 heavy (non-hydrogen) atoms. The van der Waals surface area contributed by atoms with Gasteiger partial charge in [-0.3, -0.25) is 0 Å². The Hall–Kier alpha value is -1.59. The van der Waals surface area contributed by atoms with Gasteiger partial charge in [0.05, 0.1) is 25.3 Å². The summed E-state index contributed by atoms with van der Waals surface area (Å²) in [6, 6.07) is 3.75. The summed E-state index contributed by atoms with van der Waals surface area (Å²) in [7, 11) is 1.48. The largest absolute Gasteiger partial charge is 0.497 e. The third-order valence-electron chi connectivity index (χ3n) is 2.09. The summed E-state index contributed by atoms with van der Waals surface area (Å²) in [5.41, 5.74) is 6.03. The maximum Gasteiger partial charge on any atom is 0.336 e. The highest BCUT2D eigenvalue weighted by molar-refractivity contribution is 5.89. The highest BCUT2D eigenvalue weighted by Gasteiger charge is 2.16. The summed E-state index contributed by atoms with van der Waals surface area (Å²) in [6.45, 7) is -0.312. The predicted octanol–water partition coefficient (Wildman–Crippen LogP) is 0.386. The third kappa shape index (κ3) is 2.45. The van der Waals surface area contributed by atoms with Crippen LogP contribution in [-0.2, 0) is 0 Å². The molecule has 0 saturated carbocycles. The Morgan fingerprint density at radius 2 is 2.27 bits per heavy atom. The van der Waals surface area contributed by atoms with Gasteiger partial charge in [0.2, 0.25) is 0 Å². The van der Waals surface area contributed by atoms with Crippen molar-refractivity contribution < 1.29 is 19.7 Å². The van der Waals surface area contributed by atoms with Crippen LogP contribution in [0.5, 0.6) is 5.75 Å². The number of aromatic carboxylic acids is 1. The zero-order chi connectivity index (χ0) is 11.4. The van der Waals surface area contributed by atoms with Crippen molar-refractivity contribution in [1.29, 1.82) is 0 Å². The number of carboxylic acid groups (broad SMARTS) is 1. The fourth-order valence-electron chi connectivity index (χ4n) is 1.27. The molecule has 0 saturated heterocycles. The minimum absolute atomic E-state index is 0.0809. The number of hydrogen-bond donors (Lipinski definition) is 3. The molecule has 0 heterocycles. The van der Waals surface area contributed by atoms with Crippen LogP contribution in [-0.4, -0.2) is 29.9 Å². The van der Waals surface area contributed by atoms with Gasteiger partial charge in [0.15, 0.2) is 0 Å². The van der Waals surface area contributed by atoms with E-state index in [9.17, 15) is 4.79 Å². The van der Waals surface area contributed by atoms with Crippen LogP contribution >= 0.6 is 0 Å². The van der Waals surface area contributed by atoms with Crippen molar-refractivity contribution in [3.8, 4) is 5.75 Å². The number of carbonyl (C=O) groups is 1. The smallest absolute Gasteiger partial charge is 0.336 e. The van der Waals surface area contributed by atoms with Crippen LogP contribution in [0.2, 0.25) is 0 Å². The van der Waals surface area contributed by atoms with Crippen LogP contribution in [0.25, 0.3) is 0 Å². The second-order valence-corrected chi connectivity index (χ2v) is 3.05. The molecule has 0 amide bonds. The summed E-state index contributed by atoms with van der Waals surface area (Å²) in [5.74, 6) is -0.560. The molecule has 1 rings (SSSR count). The number of benzene rings is 1. The second kappa shape index (κ2) is 4.77. The monoisotopic (exact) mass is 211 g/mol. The molecule has 0 aliphatic rings. The summed E-state index contributed by atoms with van der Waals surface area (Å²) in [4.78, 5) is 10.9. The van der Waals surface area contributed by atoms with Crippen LogP contribution in [0.3, 0.4) is 0 Å². The number of ether oxygens (including phenoxy) is 1. The van der Waals surface area contributed by atoms with E-state index in [4.69, 9.17) is 20.7 Å². The minimum atomic E-state index is -1.07. The average molecular weight is 211 g/mol. The maximum atomic E-state index is 10.9. The Kier molecular flexibility index (Phi) is 3.65. The lowest BCUT2D eigenvalue weighted by molar-refractivity contribution is 0.0694. The van der Waals surface area contributed by atoms with E-state index in [2.05, 4.69) is 0 Å². The van der Waals surface area contributed by atoms with E-state index in [0.717, 1.165) is 0 Å². The molecular weight excluding hydrogens is 198 g/mol. The molecule has 1 aromatic carbocycles. The predicted molar refractivity (Wildman–Crippen MR) is 54.0 cm³/mol. The maximum absolute atomic E-state index is 10.9. The van der Waals surface area contributed by atoms with Crippen LogP contribution in [0.15, 0.2) is 18.2 Å². The normalized spacial score (nSPS) is 12.2. The molecule has 0 aromatic heterocycles. The van der Waals surface area contributed by atoms with Gasteiger partial charge < -0.3 is 20.7 Å². The molecule has 0 radical (unpaired) electrons. The number of aliphatic hydroxyl groups is 1. The van der Waals surface area contributed by atoms with Crippen LogP contribution in [0, 0.1) is 0 Å². The standard InChI is InChI=1S/C10H13NO4/c1-15-6-2-3-7(10(13)14)8(4-6)9(11)5-12/h2-4,9,12H,5,11H2,1H3,(H,13,14)/t9-/m1/s1. The molecule has 0 fully saturated rings. The quantitative estimate of drug-likeness (QED) is 0.669. The van der Waals surface area contributed by atoms with Crippen LogP contribution in [0.1, 0.15) is 22.0 Å². The number of rotatable bonds is 4. The van der Waals surface area contributed by atoms with Crippen molar-refractivity contribution in [3.63, 3.8) is 0 Å². The van der Waals surface area contributed by atoms with E-state index < -0.39 is 12.0 Å². The molecule has 1 aromatic rings. The van der Waals surface area contributed by atoms with Crippen molar-refractivity contribution in [2.45, 2.75) is 6.04 Å². The molecular formula is C10H13NO4. The Morgan fingerprint density at radius 1 is 1.60 bits per heavy atom. The van der Waals surface area contributed by atoms with Gasteiger partial charge in [0, 0.05) is 0 Å². The van der Waals surface area contributed by atoms with Crippen molar-refractivity contribution in [2.24, 2.45) is 5.73 Å². The topological polar surface area (TPSA) is 92.8 Å². The number of aliphatic hydroxyl groups excluding tert-OH is 1. The highest BCUT2D eigenvalue weighted by Crippen LogP contribution is 2.22. The molecule has 82 valence electrons. The van der Waals surface area contributed by atoms with Gasteiger partial charge in [-0.2, -0.15) is 0 Å². The van der Waals surface area contributed by atoms with E-state index in [1.165, 1.54) is 25.3 Å². The summed E-state index contributed by atoms with van der Waals surface area (Å²) < 4.78 is 4.95. The molecule has 1 atom stereocenters. The Bertz CT molecular complexity index is 364. The molecule has 5 heteroatoms. The SMILES string of the molecule is COc1ccc(C(=O)O)c([C@H](N)CO)c1. The first-order valence-corrected chi connectivity index (χ1v) is 4.37. The fourth-order valence-corrected chi connectivity index (χ4v) is 1.27. The van der Waals surface area contributed by atoms with Gasteiger partial charge in [-0.05, 0) is 23.8 Å². The lowest BCUT2D eigenvalue weighted by atomic mass is 10.0. The highest BCUT2D eigenvalue weighted by atomic mass is 16.5. The first-order chi connectivity index (χ1) is 7.10. The summed E-state index contributed by atoms with van der Waals surface area (Å²) >= 11 is 0. The number of methoxy groups -OCH3 is 1. The molecule has 0 spiro atoms. The van der Waals surface area contributed by atoms with Crippen molar-refractivity contribution in [2.75, 3.05) is 13.7 Å². The van der Waals surface area contributed by atoms with Gasteiger partial charge in [-0.25, -0.2) is 4.79 Å². The van der Waals surface area contributed by atoms with Crippen molar-refractivity contribution in [1.82, 2.24) is 0 Å². The lowest BCUT2D eigenvalue weighted by Crippen LogP contribution is -2.18. The Morgan fingerprint density at radius 3 is 2.73 bits per heavy atom. The van der Waals surface area contributed by atoms with Gasteiger partial charge in [0.1, 0.15) is 5.75 Å². The summed E-state index contributed by atoms with van der Waals surface area (Å²) in [6.07, 6.45) is 0. The Labute approximate surface area is 87.1 Å². The van der Waals surface area contributed by atoms with Crippen LogP contribution in [0.4, 0.5) is 0 Å². The van der Waals surface area contributed by atoms with Crippen LogP contribution < -0.4 is 10.5 Å². The molecule has 0 bridgehead atoms. The van der Waals surface area contributed by atoms with Crippen molar-refractivity contribution in [3.05, 3.63) is 29.3 Å². The van der Waals surface area contributed by atoms with E-state index >= 15 is 0 Å². The fraction of sp³-hybridized carbons (Fsp3) is 0.300. The van der Waals surface area contributed by atoms with E-state index in [1.807, 2.05) is 0 Å². The van der Waals surface area contributed by atoms with Gasteiger partial charge >= 0.3 is 5.97 Å². The second-order valence-electron chi connectivity index (χ2n) is 3.05. The first kappa shape index (κ1) is 11.5. The zero-order valence-corrected chi connectivity index (χ0v) is 8.30. The molecule has 0 aliphatic carbocycles. The van der Waals surface area contributed by atoms with Gasteiger partial charge in [-0.15, -0.1) is 0 Å². The zero-order valence-electron chi connectivity index (χ0n) is 8.30. The molecule has 0 aliphatic heterocycles. The molecule has 5 nitrogen and oxygen atoms in total. The number of nitrogens with two attached hydrogens (primary N) is 1.